The van der Waals surface area contributed by atoms with Crippen molar-refractivity contribution in [2.75, 3.05) is 0 Å². The highest BCUT2D eigenvalue weighted by atomic mass is 32.2. The van der Waals surface area contributed by atoms with Gasteiger partial charge in [-0.15, -0.1) is 11.3 Å². The topological polar surface area (TPSA) is 106 Å². The van der Waals surface area contributed by atoms with Crippen LogP contribution >= 0.6 is 23.1 Å². The van der Waals surface area contributed by atoms with Crippen LogP contribution < -0.4 is 0 Å². The van der Waals surface area contributed by atoms with Gasteiger partial charge in [-0.3, -0.25) is 10.1 Å². The van der Waals surface area contributed by atoms with Crippen LogP contribution in [0.2, 0.25) is 0 Å². The first-order chi connectivity index (χ1) is 9.47. The van der Waals surface area contributed by atoms with Crippen LogP contribution in [0.4, 0.5) is 5.69 Å². The van der Waals surface area contributed by atoms with Crippen molar-refractivity contribution in [3.05, 3.63) is 44.0 Å². The Morgan fingerprint density at radius 1 is 1.55 bits per heavy atom. The largest absolute Gasteiger partial charge is 0.477 e. The summed E-state index contributed by atoms with van der Waals surface area (Å²) in [5, 5.41) is 20.7. The summed E-state index contributed by atoms with van der Waals surface area (Å²) in [5.41, 5.74) is 0.433. The molecule has 2 aromatic heterocycles. The summed E-state index contributed by atoms with van der Waals surface area (Å²) in [6, 6.07) is 2.94. The number of carboxylic acids is 1. The molecule has 1 N–H and O–H groups in total. The maximum absolute atomic E-state index is 10.9. The number of aromatic nitrogens is 2. The summed E-state index contributed by atoms with van der Waals surface area (Å²) in [6.07, 6.45) is 1.19. The lowest BCUT2D eigenvalue weighted by Crippen LogP contribution is -1.94. The molecule has 0 amide bonds. The third kappa shape index (κ3) is 3.31. The first-order valence-electron chi connectivity index (χ1n) is 5.40. The first kappa shape index (κ1) is 14.4. The molecule has 0 unspecified atom stereocenters. The zero-order chi connectivity index (χ0) is 14.7. The molecule has 0 aliphatic rings. The lowest BCUT2D eigenvalue weighted by atomic mass is 10.4. The molecule has 0 atom stereocenters. The highest BCUT2D eigenvalue weighted by Crippen LogP contribution is 2.26. The normalized spacial score (nSPS) is 10.4. The average molecular weight is 311 g/mol. The van der Waals surface area contributed by atoms with E-state index in [2.05, 4.69) is 9.97 Å². The summed E-state index contributed by atoms with van der Waals surface area (Å²) in [6.45, 7) is 1.65. The second-order valence-corrected chi connectivity index (χ2v) is 5.81. The fraction of sp³-hybridized carbons (Fsp3) is 0.182. The molecule has 0 spiro atoms. The Labute approximate surface area is 121 Å². The monoisotopic (exact) mass is 311 g/mol. The average Bonchev–Trinajstić information content (AvgIpc) is 2.78. The number of pyridine rings is 1. The molecule has 20 heavy (non-hydrogen) atoms. The number of aromatic carboxylic acids is 1. The molecule has 0 bridgehead atoms. The molecule has 2 rings (SSSR count). The summed E-state index contributed by atoms with van der Waals surface area (Å²) < 4.78 is 0. The molecule has 0 fully saturated rings. The number of carboxylic acid groups (broad SMARTS) is 1. The van der Waals surface area contributed by atoms with Gasteiger partial charge in [-0.1, -0.05) is 11.8 Å². The molecule has 7 nitrogen and oxygen atoms in total. The van der Waals surface area contributed by atoms with Gasteiger partial charge in [0.05, 0.1) is 21.4 Å². The van der Waals surface area contributed by atoms with Gasteiger partial charge in [0.25, 0.3) is 5.69 Å². The highest BCUT2D eigenvalue weighted by Gasteiger charge is 2.14. The number of hydrogen-bond donors (Lipinski definition) is 1. The van der Waals surface area contributed by atoms with E-state index in [1.807, 2.05) is 0 Å². The van der Waals surface area contributed by atoms with Crippen molar-refractivity contribution in [3.63, 3.8) is 0 Å². The van der Waals surface area contributed by atoms with Crippen LogP contribution in [-0.2, 0) is 5.75 Å². The van der Waals surface area contributed by atoms with Crippen LogP contribution in [0, 0.1) is 17.0 Å². The molecule has 0 radical (unpaired) electrons. The second kappa shape index (κ2) is 5.97. The Hall–Kier alpha value is -2.00. The van der Waals surface area contributed by atoms with Gasteiger partial charge in [0.15, 0.2) is 0 Å². The van der Waals surface area contributed by atoms with Gasteiger partial charge in [-0.05, 0) is 13.0 Å². The zero-order valence-electron chi connectivity index (χ0n) is 10.3. The SMILES string of the molecule is Cc1nc(CSc2ccc([N+](=O)[O-])cn2)sc1C(=O)O. The molecule has 0 saturated heterocycles. The highest BCUT2D eigenvalue weighted by molar-refractivity contribution is 7.98. The Bertz CT molecular complexity index is 654. The Kier molecular flexibility index (Phi) is 4.30. The Balaban J connectivity index is 2.03. The lowest BCUT2D eigenvalue weighted by molar-refractivity contribution is -0.385. The van der Waals surface area contributed by atoms with Gasteiger partial charge < -0.3 is 5.11 Å². The molecule has 2 heterocycles. The van der Waals surface area contributed by atoms with Crippen LogP contribution in [0.15, 0.2) is 23.4 Å². The number of carbonyl (C=O) groups is 1. The summed E-state index contributed by atoms with van der Waals surface area (Å²) >= 11 is 2.48. The van der Waals surface area contributed by atoms with E-state index in [-0.39, 0.29) is 10.6 Å². The van der Waals surface area contributed by atoms with E-state index in [0.717, 1.165) is 11.3 Å². The Morgan fingerprint density at radius 2 is 2.30 bits per heavy atom. The number of rotatable bonds is 5. The number of hydrogen-bond acceptors (Lipinski definition) is 7. The van der Waals surface area contributed by atoms with Crippen LogP contribution in [0.1, 0.15) is 20.4 Å². The van der Waals surface area contributed by atoms with Gasteiger partial charge in [0.1, 0.15) is 16.1 Å². The predicted octanol–water partition coefficient (Wildman–Crippen LogP) is 2.75. The van der Waals surface area contributed by atoms with Crippen LogP contribution in [0.25, 0.3) is 0 Å². The van der Waals surface area contributed by atoms with Crippen LogP contribution in [0.5, 0.6) is 0 Å². The van der Waals surface area contributed by atoms with E-state index in [0.29, 0.717) is 21.5 Å². The fourth-order valence-electron chi connectivity index (χ4n) is 1.41. The van der Waals surface area contributed by atoms with Gasteiger partial charge in [-0.2, -0.15) is 0 Å². The fourth-order valence-corrected chi connectivity index (χ4v) is 3.15. The van der Waals surface area contributed by atoms with Gasteiger partial charge in [0, 0.05) is 6.07 Å². The van der Waals surface area contributed by atoms with Crippen molar-refractivity contribution < 1.29 is 14.8 Å². The van der Waals surface area contributed by atoms with Gasteiger partial charge in [0.2, 0.25) is 0 Å². The second-order valence-electron chi connectivity index (χ2n) is 3.73. The molecular formula is C11H9N3O4S2. The summed E-state index contributed by atoms with van der Waals surface area (Å²) in [4.78, 5) is 29.2. The predicted molar refractivity (Wildman–Crippen MR) is 74.3 cm³/mol. The van der Waals surface area contributed by atoms with Crippen molar-refractivity contribution in [3.8, 4) is 0 Å². The van der Waals surface area contributed by atoms with E-state index in [1.165, 1.54) is 24.0 Å². The minimum Gasteiger partial charge on any atom is -0.477 e. The lowest BCUT2D eigenvalue weighted by Gasteiger charge is -1.97. The third-order valence-corrected chi connectivity index (χ3v) is 4.59. The van der Waals surface area contributed by atoms with Crippen molar-refractivity contribution in [2.24, 2.45) is 0 Å². The van der Waals surface area contributed by atoms with E-state index in [4.69, 9.17) is 5.11 Å². The standard InChI is InChI=1S/C11H9N3O4S2/c1-6-10(11(15)16)20-9(13-6)5-19-8-3-2-7(4-12-8)14(17)18/h2-4H,5H2,1H3,(H,15,16). The third-order valence-electron chi connectivity index (χ3n) is 2.31. The smallest absolute Gasteiger partial charge is 0.347 e. The van der Waals surface area contributed by atoms with Gasteiger partial charge in [-0.25, -0.2) is 14.8 Å². The number of nitrogens with zero attached hydrogens (tertiary/aromatic N) is 3. The number of nitro groups is 1. The van der Waals surface area contributed by atoms with E-state index < -0.39 is 10.9 Å². The zero-order valence-corrected chi connectivity index (χ0v) is 11.9. The maximum atomic E-state index is 10.9. The van der Waals surface area contributed by atoms with E-state index in [9.17, 15) is 14.9 Å². The minimum atomic E-state index is -0.982. The van der Waals surface area contributed by atoms with Crippen molar-refractivity contribution in [1.29, 1.82) is 0 Å². The number of thioether (sulfide) groups is 1. The Morgan fingerprint density at radius 3 is 2.80 bits per heavy atom. The molecular weight excluding hydrogens is 302 g/mol. The molecule has 0 saturated carbocycles. The van der Waals surface area contributed by atoms with E-state index >= 15 is 0 Å². The molecule has 2 aromatic rings. The molecule has 9 heteroatoms. The summed E-state index contributed by atoms with van der Waals surface area (Å²) in [7, 11) is 0. The van der Waals surface area contributed by atoms with E-state index in [1.54, 1.807) is 13.0 Å². The van der Waals surface area contributed by atoms with Gasteiger partial charge >= 0.3 is 5.97 Å². The minimum absolute atomic E-state index is 0.0624. The maximum Gasteiger partial charge on any atom is 0.347 e. The molecule has 0 aliphatic heterocycles. The quantitative estimate of drug-likeness (QED) is 0.514. The number of aryl methyl sites for hydroxylation is 1. The summed E-state index contributed by atoms with van der Waals surface area (Å²) in [5.74, 6) is -0.506. The van der Waals surface area contributed by atoms with Crippen molar-refractivity contribution in [1.82, 2.24) is 9.97 Å². The molecule has 104 valence electrons. The molecule has 0 aromatic carbocycles. The first-order valence-corrected chi connectivity index (χ1v) is 7.20. The number of thiazole rings is 1. The van der Waals surface area contributed by atoms with Crippen LogP contribution in [-0.4, -0.2) is 26.0 Å². The molecule has 0 aliphatic carbocycles. The van der Waals surface area contributed by atoms with Crippen LogP contribution in [0.3, 0.4) is 0 Å². The van der Waals surface area contributed by atoms with Crippen molar-refractivity contribution in [2.45, 2.75) is 17.7 Å². The van der Waals surface area contributed by atoms with Crippen molar-refractivity contribution >= 4 is 34.8 Å².